The lowest BCUT2D eigenvalue weighted by Crippen LogP contribution is -2.32. The summed E-state index contributed by atoms with van der Waals surface area (Å²) in [7, 11) is 1.41. The number of nitrogens with zero attached hydrogens (tertiary/aromatic N) is 1. The molecule has 0 atom stereocenters. The van der Waals surface area contributed by atoms with E-state index in [1.807, 2.05) is 0 Å². The highest BCUT2D eigenvalue weighted by Gasteiger charge is 2.31. The van der Waals surface area contributed by atoms with E-state index in [2.05, 4.69) is 15.6 Å². The summed E-state index contributed by atoms with van der Waals surface area (Å²) < 4.78 is 36.9. The Balaban J connectivity index is 2.80. The van der Waals surface area contributed by atoms with Crippen LogP contribution >= 0.6 is 11.6 Å². The quantitative estimate of drug-likeness (QED) is 0.863. The first-order chi connectivity index (χ1) is 7.84. The van der Waals surface area contributed by atoms with E-state index in [0.29, 0.717) is 6.20 Å². The number of aromatic nitrogens is 1. The topological polar surface area (TPSA) is 54.0 Å². The molecule has 17 heavy (non-hydrogen) atoms. The minimum absolute atomic E-state index is 0.0450. The van der Waals surface area contributed by atoms with Crippen LogP contribution in [0.2, 0.25) is 5.02 Å². The number of carbonyl (C=O) groups is 1. The number of carbonyl (C=O) groups excluding carboxylic acids is 1. The van der Waals surface area contributed by atoms with Crippen molar-refractivity contribution in [1.82, 2.24) is 15.6 Å². The molecule has 0 saturated carbocycles. The molecular formula is C9H9ClF3N3O. The molecule has 2 N–H and O–H groups in total. The molecule has 0 aliphatic rings. The zero-order chi connectivity index (χ0) is 13.1. The molecule has 1 heterocycles. The van der Waals surface area contributed by atoms with Crippen molar-refractivity contribution < 1.29 is 18.0 Å². The van der Waals surface area contributed by atoms with Crippen LogP contribution in [0.25, 0.3) is 0 Å². The Bertz CT molecular complexity index is 422. The van der Waals surface area contributed by atoms with Gasteiger partial charge in [-0.1, -0.05) is 11.6 Å². The molecule has 4 nitrogen and oxygen atoms in total. The summed E-state index contributed by atoms with van der Waals surface area (Å²) in [5.74, 6) is 0. The second-order valence-corrected chi connectivity index (χ2v) is 3.49. The van der Waals surface area contributed by atoms with E-state index in [9.17, 15) is 18.0 Å². The van der Waals surface area contributed by atoms with Gasteiger partial charge in [-0.3, -0.25) is 4.98 Å². The van der Waals surface area contributed by atoms with Crippen LogP contribution in [0.1, 0.15) is 11.3 Å². The molecule has 1 aromatic rings. The number of amides is 2. The highest BCUT2D eigenvalue weighted by atomic mass is 35.5. The third-order valence-corrected chi connectivity index (χ3v) is 2.22. The first-order valence-corrected chi connectivity index (χ1v) is 4.89. The van der Waals surface area contributed by atoms with Gasteiger partial charge < -0.3 is 10.6 Å². The molecule has 8 heteroatoms. The molecule has 0 unspecified atom stereocenters. The number of alkyl halides is 3. The van der Waals surface area contributed by atoms with Crippen LogP contribution in [0, 0.1) is 0 Å². The highest BCUT2D eigenvalue weighted by Crippen LogP contribution is 2.30. The molecule has 0 aliphatic carbocycles. The number of hydrogen-bond donors (Lipinski definition) is 2. The largest absolute Gasteiger partial charge is 0.417 e. The summed E-state index contributed by atoms with van der Waals surface area (Å²) >= 11 is 5.63. The maximum atomic E-state index is 12.3. The van der Waals surface area contributed by atoms with Crippen molar-refractivity contribution in [3.05, 3.63) is 28.5 Å². The van der Waals surface area contributed by atoms with Gasteiger partial charge in [0.1, 0.15) is 0 Å². The van der Waals surface area contributed by atoms with E-state index in [0.717, 1.165) is 6.07 Å². The first kappa shape index (κ1) is 13.6. The molecule has 2 amide bonds. The van der Waals surface area contributed by atoms with Gasteiger partial charge in [0.05, 0.1) is 22.8 Å². The second kappa shape index (κ2) is 5.22. The molecule has 94 valence electrons. The molecule has 0 aliphatic heterocycles. The summed E-state index contributed by atoms with van der Waals surface area (Å²) in [4.78, 5) is 14.4. The Labute approximate surface area is 100 Å². The Morgan fingerprint density at radius 1 is 1.53 bits per heavy atom. The lowest BCUT2D eigenvalue weighted by molar-refractivity contribution is -0.137. The predicted octanol–water partition coefficient (Wildman–Crippen LogP) is 2.18. The number of rotatable bonds is 2. The molecule has 0 spiro atoms. The van der Waals surface area contributed by atoms with E-state index in [-0.39, 0.29) is 17.3 Å². The van der Waals surface area contributed by atoms with Crippen molar-refractivity contribution >= 4 is 17.6 Å². The smallest absolute Gasteiger partial charge is 0.341 e. The van der Waals surface area contributed by atoms with Crippen LogP contribution < -0.4 is 10.6 Å². The molecule has 0 fully saturated rings. The van der Waals surface area contributed by atoms with E-state index in [1.54, 1.807) is 0 Å². The Morgan fingerprint density at radius 3 is 2.65 bits per heavy atom. The normalized spacial score (nSPS) is 11.1. The number of nitrogens with one attached hydrogen (secondary N) is 2. The highest BCUT2D eigenvalue weighted by molar-refractivity contribution is 6.31. The number of halogens is 4. The van der Waals surface area contributed by atoms with E-state index < -0.39 is 17.8 Å². The summed E-state index contributed by atoms with van der Waals surface area (Å²) in [6.45, 7) is -0.0450. The number of urea groups is 1. The van der Waals surface area contributed by atoms with Gasteiger partial charge in [0.25, 0.3) is 0 Å². The SMILES string of the molecule is CNC(=O)NCc1ncc(C(F)(F)F)cc1Cl. The average molecular weight is 268 g/mol. The summed E-state index contributed by atoms with van der Waals surface area (Å²) in [5, 5.41) is 4.52. The number of hydrogen-bond acceptors (Lipinski definition) is 2. The summed E-state index contributed by atoms with van der Waals surface area (Å²) in [6.07, 6.45) is -3.81. The Hall–Kier alpha value is -1.50. The molecule has 1 rings (SSSR count). The van der Waals surface area contributed by atoms with Crippen LogP contribution in [0.3, 0.4) is 0 Å². The van der Waals surface area contributed by atoms with Gasteiger partial charge >= 0.3 is 12.2 Å². The van der Waals surface area contributed by atoms with Crippen LogP contribution in [0.5, 0.6) is 0 Å². The third kappa shape index (κ3) is 3.77. The van der Waals surface area contributed by atoms with Crippen molar-refractivity contribution in [3.8, 4) is 0 Å². The van der Waals surface area contributed by atoms with Crippen molar-refractivity contribution in [2.24, 2.45) is 0 Å². The van der Waals surface area contributed by atoms with Gasteiger partial charge in [-0.15, -0.1) is 0 Å². The van der Waals surface area contributed by atoms with Crippen molar-refractivity contribution in [2.75, 3.05) is 7.05 Å². The number of pyridine rings is 1. The van der Waals surface area contributed by atoms with E-state index >= 15 is 0 Å². The fourth-order valence-electron chi connectivity index (χ4n) is 1.00. The van der Waals surface area contributed by atoms with Crippen LogP contribution in [-0.4, -0.2) is 18.1 Å². The molecule has 0 bridgehead atoms. The van der Waals surface area contributed by atoms with Gasteiger partial charge in [0, 0.05) is 13.2 Å². The minimum atomic E-state index is -4.48. The predicted molar refractivity (Wildman–Crippen MR) is 55.5 cm³/mol. The van der Waals surface area contributed by atoms with Crippen LogP contribution in [-0.2, 0) is 12.7 Å². The lowest BCUT2D eigenvalue weighted by Gasteiger charge is -2.09. The molecule has 1 aromatic heterocycles. The Kier molecular flexibility index (Phi) is 4.17. The van der Waals surface area contributed by atoms with Crippen LogP contribution in [0.15, 0.2) is 12.3 Å². The molecule has 0 saturated heterocycles. The van der Waals surface area contributed by atoms with Crippen LogP contribution in [0.4, 0.5) is 18.0 Å². The summed E-state index contributed by atoms with van der Waals surface area (Å²) in [6, 6.07) is 0.304. The fourth-order valence-corrected chi connectivity index (χ4v) is 1.24. The van der Waals surface area contributed by atoms with Gasteiger partial charge in [0.2, 0.25) is 0 Å². The monoisotopic (exact) mass is 267 g/mol. The van der Waals surface area contributed by atoms with Gasteiger partial charge in [-0.25, -0.2) is 4.79 Å². The average Bonchev–Trinajstić information content (AvgIpc) is 2.25. The van der Waals surface area contributed by atoms with Crippen molar-refractivity contribution in [2.45, 2.75) is 12.7 Å². The Morgan fingerprint density at radius 2 is 2.18 bits per heavy atom. The standard InChI is InChI=1S/C9H9ClF3N3O/c1-14-8(17)16-4-7-6(10)2-5(3-15-7)9(11,12)13/h2-3H,4H2,1H3,(H2,14,16,17). The first-order valence-electron chi connectivity index (χ1n) is 4.51. The molecular weight excluding hydrogens is 259 g/mol. The maximum absolute atomic E-state index is 12.3. The van der Waals surface area contributed by atoms with E-state index in [4.69, 9.17) is 11.6 Å². The third-order valence-electron chi connectivity index (χ3n) is 1.89. The lowest BCUT2D eigenvalue weighted by atomic mass is 10.2. The van der Waals surface area contributed by atoms with Gasteiger partial charge in [-0.05, 0) is 6.07 Å². The minimum Gasteiger partial charge on any atom is -0.341 e. The zero-order valence-corrected chi connectivity index (χ0v) is 9.49. The zero-order valence-electron chi connectivity index (χ0n) is 8.73. The van der Waals surface area contributed by atoms with Crippen molar-refractivity contribution in [3.63, 3.8) is 0 Å². The van der Waals surface area contributed by atoms with Crippen molar-refractivity contribution in [1.29, 1.82) is 0 Å². The van der Waals surface area contributed by atoms with Gasteiger partial charge in [0.15, 0.2) is 0 Å². The molecule has 0 aromatic carbocycles. The molecule has 0 radical (unpaired) electrons. The second-order valence-electron chi connectivity index (χ2n) is 3.08. The van der Waals surface area contributed by atoms with Gasteiger partial charge in [-0.2, -0.15) is 13.2 Å². The summed E-state index contributed by atoms with van der Waals surface area (Å²) in [5.41, 5.74) is -0.755. The fraction of sp³-hybridized carbons (Fsp3) is 0.333. The maximum Gasteiger partial charge on any atom is 0.417 e. The van der Waals surface area contributed by atoms with E-state index in [1.165, 1.54) is 7.05 Å².